The molecule has 0 saturated heterocycles. The molecule has 0 saturated carbocycles. The highest BCUT2D eigenvalue weighted by Gasteiger charge is 2.09. The van der Waals surface area contributed by atoms with Crippen LogP contribution in [-0.4, -0.2) is 12.5 Å². The van der Waals surface area contributed by atoms with Gasteiger partial charge < -0.3 is 5.32 Å². The second kappa shape index (κ2) is 6.88. The number of carbonyl (C=O) groups excluding carboxylic acids is 1. The Hall–Kier alpha value is -0.360. The van der Waals surface area contributed by atoms with E-state index in [4.69, 9.17) is 11.6 Å². The summed E-state index contributed by atoms with van der Waals surface area (Å²) < 4.78 is 1.81. The van der Waals surface area contributed by atoms with Gasteiger partial charge in [0, 0.05) is 20.9 Å². The monoisotopic (exact) mass is 421 g/mol. The number of hydrogen-bond donors (Lipinski definition) is 1. The van der Waals surface area contributed by atoms with Crippen LogP contribution in [0.1, 0.15) is 15.2 Å². The first-order chi connectivity index (χ1) is 9.06. The number of halogens is 3. The highest BCUT2D eigenvalue weighted by Crippen LogP contribution is 2.23. The Bertz CT molecular complexity index is 600. The third-order valence-electron chi connectivity index (χ3n) is 2.46. The molecule has 0 unspecified atom stereocenters. The molecule has 2 rings (SSSR count). The summed E-state index contributed by atoms with van der Waals surface area (Å²) in [6.45, 7) is 0.612. The Balaban J connectivity index is 1.90. The maximum Gasteiger partial charge on any atom is 0.252 e. The van der Waals surface area contributed by atoms with Crippen molar-refractivity contribution in [2.75, 3.05) is 6.54 Å². The van der Waals surface area contributed by atoms with Gasteiger partial charge in [0.25, 0.3) is 5.91 Å². The molecule has 0 aliphatic heterocycles. The Morgan fingerprint density at radius 3 is 2.68 bits per heavy atom. The lowest BCUT2D eigenvalue weighted by Crippen LogP contribution is -2.25. The third-order valence-corrected chi connectivity index (χ3v) is 5.04. The van der Waals surface area contributed by atoms with Gasteiger partial charge in [-0.05, 0) is 68.6 Å². The van der Waals surface area contributed by atoms with Gasteiger partial charge in [0.05, 0.1) is 9.35 Å². The molecular formula is C13H10Br2ClNOS. The standard InChI is InChI=1S/C13H10Br2ClNOS/c14-11-7-8(16)1-3-10(11)13(18)17-6-5-9-2-4-12(15)19-9/h1-4,7H,5-6H2,(H,17,18). The van der Waals surface area contributed by atoms with Gasteiger partial charge in [-0.1, -0.05) is 11.6 Å². The van der Waals surface area contributed by atoms with Gasteiger partial charge >= 0.3 is 0 Å². The molecule has 1 N–H and O–H groups in total. The Morgan fingerprint density at radius 2 is 2.05 bits per heavy atom. The van der Waals surface area contributed by atoms with E-state index in [1.165, 1.54) is 4.88 Å². The molecule has 1 aromatic carbocycles. The van der Waals surface area contributed by atoms with Crippen molar-refractivity contribution in [2.45, 2.75) is 6.42 Å². The summed E-state index contributed by atoms with van der Waals surface area (Å²) in [4.78, 5) is 13.2. The average Bonchev–Trinajstić information content (AvgIpc) is 2.75. The van der Waals surface area contributed by atoms with Gasteiger partial charge in [0.15, 0.2) is 0 Å². The molecule has 1 aromatic heterocycles. The predicted octanol–water partition coefficient (Wildman–Crippen LogP) is 4.90. The van der Waals surface area contributed by atoms with E-state index in [9.17, 15) is 4.79 Å². The zero-order valence-electron chi connectivity index (χ0n) is 9.75. The van der Waals surface area contributed by atoms with Crippen LogP contribution in [0.25, 0.3) is 0 Å². The normalized spacial score (nSPS) is 10.5. The van der Waals surface area contributed by atoms with Crippen molar-refractivity contribution in [3.05, 3.63) is 54.1 Å². The van der Waals surface area contributed by atoms with E-state index in [-0.39, 0.29) is 5.91 Å². The van der Waals surface area contributed by atoms with Crippen molar-refractivity contribution in [3.8, 4) is 0 Å². The number of amides is 1. The van der Waals surface area contributed by atoms with Crippen LogP contribution in [0.2, 0.25) is 5.02 Å². The minimum Gasteiger partial charge on any atom is -0.352 e. The SMILES string of the molecule is O=C(NCCc1ccc(Br)s1)c1ccc(Cl)cc1Br. The molecule has 1 heterocycles. The first-order valence-electron chi connectivity index (χ1n) is 5.54. The smallest absolute Gasteiger partial charge is 0.252 e. The van der Waals surface area contributed by atoms with E-state index in [0.29, 0.717) is 21.6 Å². The van der Waals surface area contributed by atoms with E-state index in [0.717, 1.165) is 10.2 Å². The van der Waals surface area contributed by atoms with E-state index in [2.05, 4.69) is 43.2 Å². The predicted molar refractivity (Wildman–Crippen MR) is 87.2 cm³/mol. The molecular weight excluding hydrogens is 413 g/mol. The zero-order chi connectivity index (χ0) is 13.8. The van der Waals surface area contributed by atoms with Crippen LogP contribution >= 0.6 is 54.8 Å². The molecule has 100 valence electrons. The molecule has 19 heavy (non-hydrogen) atoms. The summed E-state index contributed by atoms with van der Waals surface area (Å²) in [7, 11) is 0. The highest BCUT2D eigenvalue weighted by molar-refractivity contribution is 9.11. The first kappa shape index (κ1) is 15.0. The Kier molecular flexibility index (Phi) is 5.45. The lowest BCUT2D eigenvalue weighted by molar-refractivity contribution is 0.0953. The van der Waals surface area contributed by atoms with Crippen molar-refractivity contribution in [1.29, 1.82) is 0 Å². The summed E-state index contributed by atoms with van der Waals surface area (Å²) in [6.07, 6.45) is 0.827. The van der Waals surface area contributed by atoms with Crippen LogP contribution in [0.4, 0.5) is 0 Å². The fraction of sp³-hybridized carbons (Fsp3) is 0.154. The van der Waals surface area contributed by atoms with Crippen molar-refractivity contribution in [2.24, 2.45) is 0 Å². The van der Waals surface area contributed by atoms with Crippen molar-refractivity contribution >= 4 is 60.7 Å². The molecule has 2 nitrogen and oxygen atoms in total. The molecule has 0 aliphatic rings. The molecule has 0 fully saturated rings. The zero-order valence-corrected chi connectivity index (χ0v) is 14.5. The van der Waals surface area contributed by atoms with Gasteiger partial charge in [-0.3, -0.25) is 4.79 Å². The molecule has 0 aliphatic carbocycles. The van der Waals surface area contributed by atoms with E-state index < -0.39 is 0 Å². The first-order valence-corrected chi connectivity index (χ1v) is 8.32. The van der Waals surface area contributed by atoms with Crippen LogP contribution in [0.3, 0.4) is 0 Å². The van der Waals surface area contributed by atoms with Crippen molar-refractivity contribution < 1.29 is 4.79 Å². The lowest BCUT2D eigenvalue weighted by atomic mass is 10.2. The minimum atomic E-state index is -0.0980. The van der Waals surface area contributed by atoms with Crippen molar-refractivity contribution in [3.63, 3.8) is 0 Å². The summed E-state index contributed by atoms with van der Waals surface area (Å²) in [5.74, 6) is -0.0980. The summed E-state index contributed by atoms with van der Waals surface area (Å²) in [6, 6.07) is 9.20. The van der Waals surface area contributed by atoms with Crippen LogP contribution < -0.4 is 5.32 Å². The van der Waals surface area contributed by atoms with E-state index in [1.54, 1.807) is 29.5 Å². The van der Waals surface area contributed by atoms with Gasteiger partial charge in [-0.25, -0.2) is 0 Å². The van der Waals surface area contributed by atoms with Gasteiger partial charge in [0.1, 0.15) is 0 Å². The highest BCUT2D eigenvalue weighted by atomic mass is 79.9. The molecule has 0 bridgehead atoms. The largest absolute Gasteiger partial charge is 0.352 e. The Labute approximate surface area is 137 Å². The maximum atomic E-state index is 12.0. The minimum absolute atomic E-state index is 0.0980. The third kappa shape index (κ3) is 4.31. The second-order valence-corrected chi connectivity index (χ2v) is 7.67. The van der Waals surface area contributed by atoms with E-state index >= 15 is 0 Å². The topological polar surface area (TPSA) is 29.1 Å². The number of carbonyl (C=O) groups is 1. The average molecular weight is 424 g/mol. The fourth-order valence-electron chi connectivity index (χ4n) is 1.55. The van der Waals surface area contributed by atoms with Gasteiger partial charge in [0.2, 0.25) is 0 Å². The molecule has 2 aromatic rings. The fourth-order valence-corrected chi connectivity index (χ4v) is 3.90. The van der Waals surface area contributed by atoms with Crippen LogP contribution in [0.15, 0.2) is 38.6 Å². The van der Waals surface area contributed by atoms with Crippen LogP contribution in [-0.2, 0) is 6.42 Å². The van der Waals surface area contributed by atoms with Crippen molar-refractivity contribution in [1.82, 2.24) is 5.32 Å². The lowest BCUT2D eigenvalue weighted by Gasteiger charge is -2.06. The molecule has 0 radical (unpaired) electrons. The van der Waals surface area contributed by atoms with Gasteiger partial charge in [-0.2, -0.15) is 0 Å². The summed E-state index contributed by atoms with van der Waals surface area (Å²) >= 11 is 14.3. The number of rotatable bonds is 4. The molecule has 0 atom stereocenters. The van der Waals surface area contributed by atoms with E-state index in [1.807, 2.05) is 6.07 Å². The van der Waals surface area contributed by atoms with Crippen LogP contribution in [0, 0.1) is 0 Å². The number of hydrogen-bond acceptors (Lipinski definition) is 2. The number of benzene rings is 1. The maximum absolute atomic E-state index is 12.0. The number of nitrogens with one attached hydrogen (secondary N) is 1. The molecule has 6 heteroatoms. The summed E-state index contributed by atoms with van der Waals surface area (Å²) in [5.41, 5.74) is 0.594. The second-order valence-electron chi connectivity index (χ2n) is 3.84. The quantitative estimate of drug-likeness (QED) is 0.745. The summed E-state index contributed by atoms with van der Waals surface area (Å²) in [5, 5.41) is 3.50. The Morgan fingerprint density at radius 1 is 1.26 bits per heavy atom. The van der Waals surface area contributed by atoms with Crippen LogP contribution in [0.5, 0.6) is 0 Å². The molecule has 0 spiro atoms. The van der Waals surface area contributed by atoms with Gasteiger partial charge in [-0.15, -0.1) is 11.3 Å². The number of thiophene rings is 1. The molecule has 1 amide bonds.